The van der Waals surface area contributed by atoms with Gasteiger partial charge in [0, 0.05) is 5.56 Å². The molecule has 2 aromatic rings. The second-order valence-corrected chi connectivity index (χ2v) is 10.1. The minimum Gasteiger partial charge on any atom is -0.491 e. The van der Waals surface area contributed by atoms with Crippen LogP contribution in [0.2, 0.25) is 0 Å². The number of carbonyl (C=O) groups excluding carboxylic acids is 1. The van der Waals surface area contributed by atoms with Gasteiger partial charge in [-0.2, -0.15) is 0 Å². The van der Waals surface area contributed by atoms with Crippen LogP contribution in [0.3, 0.4) is 0 Å². The van der Waals surface area contributed by atoms with Gasteiger partial charge in [-0.3, -0.25) is 4.79 Å². The summed E-state index contributed by atoms with van der Waals surface area (Å²) in [5.74, 6) is 2.09. The first kappa shape index (κ1) is 30.5. The molecule has 0 N–H and O–H groups in total. The van der Waals surface area contributed by atoms with E-state index in [0.717, 1.165) is 74.8 Å². The van der Waals surface area contributed by atoms with Gasteiger partial charge in [0.25, 0.3) is 0 Å². The van der Waals surface area contributed by atoms with Gasteiger partial charge in [-0.25, -0.2) is 0 Å². The molecule has 204 valence electrons. The van der Waals surface area contributed by atoms with Gasteiger partial charge in [0.15, 0.2) is 5.78 Å². The highest BCUT2D eigenvalue weighted by molar-refractivity contribution is 6.08. The number of hydrogen-bond acceptors (Lipinski definition) is 4. The van der Waals surface area contributed by atoms with Crippen LogP contribution >= 0.6 is 0 Å². The van der Waals surface area contributed by atoms with Crippen LogP contribution in [0.5, 0.6) is 17.2 Å². The van der Waals surface area contributed by atoms with Crippen LogP contribution in [0, 0.1) is 0 Å². The van der Waals surface area contributed by atoms with E-state index in [1.165, 1.54) is 0 Å². The van der Waals surface area contributed by atoms with Gasteiger partial charge < -0.3 is 14.2 Å². The molecule has 0 aliphatic rings. The molecule has 0 aliphatic heterocycles. The molecule has 0 spiro atoms. The van der Waals surface area contributed by atoms with E-state index in [-0.39, 0.29) is 24.1 Å². The molecule has 0 saturated heterocycles. The zero-order valence-corrected chi connectivity index (χ0v) is 23.9. The largest absolute Gasteiger partial charge is 0.491 e. The lowest BCUT2D eigenvalue weighted by Gasteiger charge is -2.19. The molecule has 0 fully saturated rings. The van der Waals surface area contributed by atoms with Crippen LogP contribution < -0.4 is 14.2 Å². The van der Waals surface area contributed by atoms with Crippen molar-refractivity contribution in [1.29, 1.82) is 0 Å². The average Bonchev–Trinajstić information content (AvgIpc) is 2.89. The number of rotatable bonds is 18. The molecule has 37 heavy (non-hydrogen) atoms. The van der Waals surface area contributed by atoms with Crippen molar-refractivity contribution in [2.75, 3.05) is 0 Å². The molecule has 4 nitrogen and oxygen atoms in total. The first-order valence-electron chi connectivity index (χ1n) is 14.3. The third kappa shape index (κ3) is 11.0. The monoisotopic (exact) mass is 508 g/mol. The summed E-state index contributed by atoms with van der Waals surface area (Å²) in [5.41, 5.74) is 1.41. The Morgan fingerprint density at radius 1 is 0.730 bits per heavy atom. The second kappa shape index (κ2) is 16.9. The Hall–Kier alpha value is -2.75. The van der Waals surface area contributed by atoms with Crippen molar-refractivity contribution < 1.29 is 19.0 Å². The number of unbranched alkanes of at least 4 members (excludes halogenated alkanes) is 3. The zero-order chi connectivity index (χ0) is 27.0. The van der Waals surface area contributed by atoms with E-state index >= 15 is 0 Å². The van der Waals surface area contributed by atoms with Crippen LogP contribution in [0.1, 0.15) is 115 Å². The van der Waals surface area contributed by atoms with Crippen LogP contribution in [0.15, 0.2) is 48.5 Å². The Morgan fingerprint density at radius 2 is 1.27 bits per heavy atom. The van der Waals surface area contributed by atoms with Gasteiger partial charge >= 0.3 is 0 Å². The molecule has 0 heterocycles. The highest BCUT2D eigenvalue weighted by Crippen LogP contribution is 2.29. The molecular formula is C33H48O4. The fourth-order valence-corrected chi connectivity index (χ4v) is 4.18. The molecule has 0 aliphatic carbocycles. The first-order chi connectivity index (χ1) is 17.9. The normalized spacial score (nSPS) is 13.8. The highest BCUT2D eigenvalue weighted by atomic mass is 16.5. The van der Waals surface area contributed by atoms with Crippen molar-refractivity contribution in [3.8, 4) is 17.2 Å². The SMILES string of the molecule is CCCCC(C)Oc1ccc(OC(C)CCCC)c(C=CC(=O)c2ccccc2OC(C)CCCC)c1. The number of para-hydroxylation sites is 1. The minimum absolute atomic E-state index is 0.0611. The Labute approximate surface area is 225 Å². The number of allylic oxidation sites excluding steroid dienone is 1. The summed E-state index contributed by atoms with van der Waals surface area (Å²) in [6.45, 7) is 12.8. The van der Waals surface area contributed by atoms with Crippen molar-refractivity contribution in [3.63, 3.8) is 0 Å². The summed E-state index contributed by atoms with van der Waals surface area (Å²) in [4.78, 5) is 13.3. The molecule has 0 saturated carbocycles. The maximum Gasteiger partial charge on any atom is 0.189 e. The number of carbonyl (C=O) groups is 1. The lowest BCUT2D eigenvalue weighted by Crippen LogP contribution is -2.14. The molecular weight excluding hydrogens is 460 g/mol. The van der Waals surface area contributed by atoms with Crippen LogP contribution in [0.4, 0.5) is 0 Å². The standard InChI is InChI=1S/C33H48O4/c1-7-10-15-25(4)35-29-21-23-32(36-26(5)16-11-8-2)28(24-29)20-22-31(34)30-18-13-14-19-33(30)37-27(6)17-12-9-3/h13-14,18-27H,7-12,15-17H2,1-6H3. The maximum atomic E-state index is 13.3. The number of ether oxygens (including phenoxy) is 3. The second-order valence-electron chi connectivity index (χ2n) is 10.1. The molecule has 4 heteroatoms. The summed E-state index contributed by atoms with van der Waals surface area (Å²) in [6, 6.07) is 13.4. The average molecular weight is 509 g/mol. The predicted octanol–water partition coefficient (Wildman–Crippen LogP) is 9.46. The Bertz CT molecular complexity index is 965. The summed E-state index contributed by atoms with van der Waals surface area (Å²) in [6.07, 6.45) is 13.5. The van der Waals surface area contributed by atoms with Crippen molar-refractivity contribution >= 4 is 11.9 Å². The van der Waals surface area contributed by atoms with Gasteiger partial charge in [0.2, 0.25) is 0 Å². The molecule has 3 atom stereocenters. The minimum atomic E-state index is -0.0918. The van der Waals surface area contributed by atoms with Gasteiger partial charge in [-0.15, -0.1) is 0 Å². The fraction of sp³-hybridized carbons (Fsp3) is 0.545. The maximum absolute atomic E-state index is 13.3. The van der Waals surface area contributed by atoms with E-state index < -0.39 is 0 Å². The van der Waals surface area contributed by atoms with Gasteiger partial charge in [-0.05, 0) is 82.5 Å². The Balaban J connectivity index is 2.26. The first-order valence-corrected chi connectivity index (χ1v) is 14.3. The van der Waals surface area contributed by atoms with E-state index in [0.29, 0.717) is 11.3 Å². The molecule has 2 rings (SSSR count). The summed E-state index contributed by atoms with van der Waals surface area (Å²) in [5, 5.41) is 0. The van der Waals surface area contributed by atoms with Gasteiger partial charge in [0.1, 0.15) is 17.2 Å². The van der Waals surface area contributed by atoms with Gasteiger partial charge in [-0.1, -0.05) is 71.4 Å². The molecule has 0 bridgehead atoms. The summed E-state index contributed by atoms with van der Waals surface area (Å²) < 4.78 is 18.6. The number of hydrogen-bond donors (Lipinski definition) is 0. The lowest BCUT2D eigenvalue weighted by molar-refractivity contribution is 0.104. The number of ketones is 1. The van der Waals surface area contributed by atoms with Gasteiger partial charge in [0.05, 0.1) is 23.9 Å². The van der Waals surface area contributed by atoms with E-state index in [1.54, 1.807) is 6.08 Å². The summed E-state index contributed by atoms with van der Waals surface area (Å²) in [7, 11) is 0. The van der Waals surface area contributed by atoms with Crippen LogP contribution in [-0.2, 0) is 0 Å². The van der Waals surface area contributed by atoms with E-state index in [1.807, 2.05) is 48.5 Å². The fourth-order valence-electron chi connectivity index (χ4n) is 4.18. The van der Waals surface area contributed by atoms with E-state index in [9.17, 15) is 4.79 Å². The van der Waals surface area contributed by atoms with E-state index in [4.69, 9.17) is 14.2 Å². The molecule has 0 aromatic heterocycles. The van der Waals surface area contributed by atoms with Crippen molar-refractivity contribution in [1.82, 2.24) is 0 Å². The van der Waals surface area contributed by atoms with Crippen LogP contribution in [-0.4, -0.2) is 24.1 Å². The summed E-state index contributed by atoms with van der Waals surface area (Å²) >= 11 is 0. The van der Waals surface area contributed by atoms with Crippen molar-refractivity contribution in [2.24, 2.45) is 0 Å². The topological polar surface area (TPSA) is 44.8 Å². The highest BCUT2D eigenvalue weighted by Gasteiger charge is 2.14. The Morgan fingerprint density at radius 3 is 1.86 bits per heavy atom. The number of benzene rings is 2. The third-order valence-corrected chi connectivity index (χ3v) is 6.43. The van der Waals surface area contributed by atoms with Crippen molar-refractivity contribution in [2.45, 2.75) is 118 Å². The zero-order valence-electron chi connectivity index (χ0n) is 23.9. The quantitative estimate of drug-likeness (QED) is 0.149. The molecule has 0 amide bonds. The van der Waals surface area contributed by atoms with E-state index in [2.05, 4.69) is 41.5 Å². The molecule has 2 aromatic carbocycles. The Kier molecular flexibility index (Phi) is 13.9. The molecule has 0 radical (unpaired) electrons. The smallest absolute Gasteiger partial charge is 0.189 e. The molecule has 3 unspecified atom stereocenters. The van der Waals surface area contributed by atoms with Crippen LogP contribution in [0.25, 0.3) is 6.08 Å². The third-order valence-electron chi connectivity index (χ3n) is 6.43. The lowest BCUT2D eigenvalue weighted by atomic mass is 10.1. The van der Waals surface area contributed by atoms with Crippen molar-refractivity contribution in [3.05, 3.63) is 59.7 Å². The predicted molar refractivity (Wildman–Crippen MR) is 155 cm³/mol.